The fourth-order valence-corrected chi connectivity index (χ4v) is 6.02. The monoisotopic (exact) mass is 527 g/mol. The lowest BCUT2D eigenvalue weighted by molar-refractivity contribution is -0.149. The number of anilines is 1. The van der Waals surface area contributed by atoms with Crippen LogP contribution in [0.1, 0.15) is 60.3 Å². The van der Waals surface area contributed by atoms with Gasteiger partial charge in [-0.05, 0) is 34.1 Å². The Morgan fingerprint density at radius 1 is 1.25 bits per heavy atom. The van der Waals surface area contributed by atoms with Crippen LogP contribution in [0.4, 0.5) is 5.82 Å². The number of aliphatic carboxylic acids is 1. The minimum atomic E-state index is -3.61. The first kappa shape index (κ1) is 29.6. The van der Waals surface area contributed by atoms with Crippen molar-refractivity contribution in [3.05, 3.63) is 12.7 Å². The molecule has 0 aliphatic heterocycles. The Kier molecular flexibility index (Phi) is 10.8. The number of nitrogens with two attached hydrogens (primary N) is 1. The Labute approximate surface area is 211 Å². The number of carbonyl (C=O) groups excluding carboxylic acids is 1. The number of carboxylic acid groups (broad SMARTS) is 1. The fourth-order valence-electron chi connectivity index (χ4n) is 3.55. The number of nitrogens with one attached hydrogen (secondary N) is 2. The third kappa shape index (κ3) is 8.81. The van der Waals surface area contributed by atoms with Gasteiger partial charge in [0.05, 0.1) is 32.0 Å². The molecule has 14 heteroatoms. The van der Waals surface area contributed by atoms with Crippen molar-refractivity contribution in [2.75, 3.05) is 18.7 Å². The number of hydrogen-bond acceptors (Lipinski definition) is 9. The maximum atomic E-state index is 13.9. The smallest absolute Gasteiger partial charge is 0.326 e. The lowest BCUT2D eigenvalue weighted by atomic mass is 10.1. The van der Waals surface area contributed by atoms with Crippen molar-refractivity contribution >= 4 is 36.4 Å². The number of ether oxygens (including phenoxy) is 2. The maximum Gasteiger partial charge on any atom is 0.326 e. The van der Waals surface area contributed by atoms with Crippen LogP contribution in [0, 0.1) is 0 Å². The highest BCUT2D eigenvalue weighted by Gasteiger charge is 2.38. The lowest BCUT2D eigenvalue weighted by Crippen LogP contribution is -2.49. The Morgan fingerprint density at radius 2 is 1.97 bits per heavy atom. The van der Waals surface area contributed by atoms with Crippen molar-refractivity contribution in [2.45, 2.75) is 84.5 Å². The summed E-state index contributed by atoms with van der Waals surface area (Å²) < 4.78 is 26.9. The summed E-state index contributed by atoms with van der Waals surface area (Å²) in [6.07, 6.45) is 4.59. The van der Waals surface area contributed by atoms with Gasteiger partial charge >= 0.3 is 11.9 Å². The summed E-state index contributed by atoms with van der Waals surface area (Å²) in [5, 5.41) is 14.8. The molecule has 13 nitrogen and oxygen atoms in total. The number of unbranched alkanes of at least 4 members (excludes halogenated alkanes) is 2. The van der Waals surface area contributed by atoms with Crippen LogP contribution in [0.2, 0.25) is 0 Å². The zero-order valence-electron chi connectivity index (χ0n) is 21.6. The summed E-state index contributed by atoms with van der Waals surface area (Å²) in [6.45, 7) is 9.17. The molecule has 2 heterocycles. The van der Waals surface area contributed by atoms with E-state index < -0.39 is 37.1 Å². The summed E-state index contributed by atoms with van der Waals surface area (Å²) in [7, 11) is -3.61. The number of imidazole rings is 1. The van der Waals surface area contributed by atoms with E-state index >= 15 is 0 Å². The molecule has 0 spiro atoms. The minimum Gasteiger partial charge on any atom is -0.481 e. The number of aromatic nitrogens is 4. The second kappa shape index (κ2) is 13.1. The summed E-state index contributed by atoms with van der Waals surface area (Å²) in [6, 6.07) is -0.645. The maximum absolute atomic E-state index is 13.9. The third-order valence-electron chi connectivity index (χ3n) is 5.29. The van der Waals surface area contributed by atoms with Crippen LogP contribution < -0.4 is 15.9 Å². The first-order valence-electron chi connectivity index (χ1n) is 11.9. The molecule has 5 N–H and O–H groups in total. The van der Waals surface area contributed by atoms with Gasteiger partial charge in [-0.1, -0.05) is 19.8 Å². The molecule has 2 aromatic rings. The van der Waals surface area contributed by atoms with Gasteiger partial charge < -0.3 is 24.9 Å². The standard InChI is InChI=1S/C22H38N7O6P/c1-6-7-8-9-34-21(32)22(4,5)28-36(33,27-15(2)10-17(30)31)14-35-16(3)11-29-13-26-18-19(23)24-12-25-20(18)29/h12-13,15-16H,6-11,14H2,1-5H3,(H,30,31)(H2,23,24,25)(H2,27,28,33)/t15-,16?,36+/m1/s1. The average Bonchev–Trinajstić information content (AvgIpc) is 3.18. The van der Waals surface area contributed by atoms with Crippen molar-refractivity contribution in [2.24, 2.45) is 0 Å². The molecule has 202 valence electrons. The normalized spacial score (nSPS) is 15.4. The van der Waals surface area contributed by atoms with Crippen LogP contribution >= 0.6 is 7.44 Å². The average molecular weight is 528 g/mol. The molecular weight excluding hydrogens is 489 g/mol. The molecule has 0 aromatic carbocycles. The highest BCUT2D eigenvalue weighted by molar-refractivity contribution is 7.59. The number of rotatable bonds is 16. The van der Waals surface area contributed by atoms with Gasteiger partial charge in [0.25, 0.3) is 0 Å². The van der Waals surface area contributed by atoms with Crippen molar-refractivity contribution < 1.29 is 28.7 Å². The first-order chi connectivity index (χ1) is 16.9. The van der Waals surface area contributed by atoms with Gasteiger partial charge in [0, 0.05) is 6.04 Å². The number of nitrogens with zero attached hydrogens (tertiary/aromatic N) is 4. The second-order valence-electron chi connectivity index (χ2n) is 9.38. The molecule has 3 atom stereocenters. The van der Waals surface area contributed by atoms with Gasteiger partial charge in [0.15, 0.2) is 11.5 Å². The fraction of sp³-hybridized carbons (Fsp3) is 0.682. The number of hydrogen-bond donors (Lipinski definition) is 4. The summed E-state index contributed by atoms with van der Waals surface area (Å²) in [5.41, 5.74) is 5.54. The van der Waals surface area contributed by atoms with E-state index in [1.165, 1.54) is 6.33 Å². The Balaban J connectivity index is 2.10. The highest BCUT2D eigenvalue weighted by atomic mass is 31.2. The molecule has 36 heavy (non-hydrogen) atoms. The van der Waals surface area contributed by atoms with Crippen LogP contribution in [-0.2, 0) is 30.2 Å². The van der Waals surface area contributed by atoms with Gasteiger partial charge in [-0.15, -0.1) is 0 Å². The molecule has 0 bridgehead atoms. The molecule has 0 saturated heterocycles. The van der Waals surface area contributed by atoms with Crippen molar-refractivity contribution in [1.82, 2.24) is 29.7 Å². The summed E-state index contributed by atoms with van der Waals surface area (Å²) in [5.74, 6) is -1.33. The van der Waals surface area contributed by atoms with Crippen LogP contribution in [-0.4, -0.2) is 67.2 Å². The number of carboxylic acids is 1. The van der Waals surface area contributed by atoms with Gasteiger partial charge in [-0.3, -0.25) is 14.2 Å². The van der Waals surface area contributed by atoms with Crippen LogP contribution in [0.5, 0.6) is 0 Å². The zero-order chi connectivity index (χ0) is 26.9. The number of carbonyl (C=O) groups is 2. The van der Waals surface area contributed by atoms with E-state index in [0.29, 0.717) is 17.7 Å². The predicted molar refractivity (Wildman–Crippen MR) is 135 cm³/mol. The lowest BCUT2D eigenvalue weighted by Gasteiger charge is -2.32. The van der Waals surface area contributed by atoms with Crippen molar-refractivity contribution in [3.63, 3.8) is 0 Å². The Morgan fingerprint density at radius 3 is 2.64 bits per heavy atom. The van der Waals surface area contributed by atoms with Gasteiger partial charge in [0.2, 0.25) is 7.44 Å². The Bertz CT molecular complexity index is 1080. The molecule has 2 aromatic heterocycles. The number of nitrogen functional groups attached to an aromatic ring is 1. The summed E-state index contributed by atoms with van der Waals surface area (Å²) >= 11 is 0. The molecule has 2 rings (SSSR count). The molecule has 0 aliphatic carbocycles. The molecule has 0 amide bonds. The number of esters is 1. The van der Waals surface area contributed by atoms with E-state index in [4.69, 9.17) is 20.3 Å². The van der Waals surface area contributed by atoms with Gasteiger partial charge in [0.1, 0.15) is 23.7 Å². The Hall–Kier alpha value is -2.60. The second-order valence-corrected chi connectivity index (χ2v) is 11.6. The molecule has 0 aliphatic rings. The molecule has 0 fully saturated rings. The van der Waals surface area contributed by atoms with Crippen molar-refractivity contribution in [1.29, 1.82) is 0 Å². The van der Waals surface area contributed by atoms with Crippen LogP contribution in [0.15, 0.2) is 12.7 Å². The number of fused-ring (bicyclic) bond motifs is 1. The van der Waals surface area contributed by atoms with Gasteiger partial charge in [-0.25, -0.2) is 25.1 Å². The van der Waals surface area contributed by atoms with E-state index in [2.05, 4.69) is 25.1 Å². The van der Waals surface area contributed by atoms with E-state index in [1.54, 1.807) is 38.6 Å². The third-order valence-corrected chi connectivity index (χ3v) is 7.58. The molecule has 0 radical (unpaired) electrons. The minimum absolute atomic E-state index is 0.259. The predicted octanol–water partition coefficient (Wildman–Crippen LogP) is 2.52. The topological polar surface area (TPSA) is 184 Å². The van der Waals surface area contributed by atoms with Crippen LogP contribution in [0.3, 0.4) is 0 Å². The molecule has 1 unspecified atom stereocenters. The largest absolute Gasteiger partial charge is 0.481 e. The van der Waals surface area contributed by atoms with Crippen molar-refractivity contribution in [3.8, 4) is 0 Å². The highest BCUT2D eigenvalue weighted by Crippen LogP contribution is 2.40. The van der Waals surface area contributed by atoms with E-state index in [-0.39, 0.29) is 25.2 Å². The van der Waals surface area contributed by atoms with E-state index in [1.807, 2.05) is 6.92 Å². The summed E-state index contributed by atoms with van der Waals surface area (Å²) in [4.78, 5) is 36.2. The molecular formula is C22H38N7O6P. The van der Waals surface area contributed by atoms with Gasteiger partial charge in [-0.2, -0.15) is 0 Å². The zero-order valence-corrected chi connectivity index (χ0v) is 22.5. The molecule has 0 saturated carbocycles. The van der Waals surface area contributed by atoms with E-state index in [9.17, 15) is 14.2 Å². The van der Waals surface area contributed by atoms with Crippen LogP contribution in [0.25, 0.3) is 11.2 Å². The SMILES string of the molecule is CCCCCOC(=O)C(C)(C)N[P@](=O)(COC(C)Cn1cnc2c(N)ncnc21)N[C@H](C)CC(=O)O. The van der Waals surface area contributed by atoms with E-state index in [0.717, 1.165) is 19.3 Å². The quantitative estimate of drug-likeness (QED) is 0.142. The first-order valence-corrected chi connectivity index (χ1v) is 13.8.